The number of carbonyl (C=O) groups is 3. The van der Waals surface area contributed by atoms with Crippen molar-refractivity contribution in [1.29, 1.82) is 0 Å². The maximum Gasteiger partial charge on any atom is 0.330 e. The second-order valence-corrected chi connectivity index (χ2v) is 6.28. The SMILES string of the molecule is O=C(Cc1ccccc1)NCC(=O)NC1(C(=O)O)CCSC1. The Kier molecular flexibility index (Phi) is 5.43. The molecule has 1 unspecified atom stereocenters. The number of carbonyl (C=O) groups excluding carboxylic acids is 2. The molecule has 0 aromatic heterocycles. The van der Waals surface area contributed by atoms with Gasteiger partial charge in [-0.05, 0) is 17.7 Å². The topological polar surface area (TPSA) is 95.5 Å². The predicted octanol–water partition coefficient (Wildman–Crippen LogP) is 0.422. The van der Waals surface area contributed by atoms with Gasteiger partial charge < -0.3 is 15.7 Å². The molecule has 2 amide bonds. The molecule has 1 heterocycles. The van der Waals surface area contributed by atoms with Crippen LogP contribution in [0.15, 0.2) is 30.3 Å². The first kappa shape index (κ1) is 16.4. The maximum absolute atomic E-state index is 11.9. The van der Waals surface area contributed by atoms with Gasteiger partial charge >= 0.3 is 5.97 Å². The Labute approximate surface area is 132 Å². The van der Waals surface area contributed by atoms with Crippen LogP contribution in [0, 0.1) is 0 Å². The van der Waals surface area contributed by atoms with Crippen molar-refractivity contribution in [2.45, 2.75) is 18.4 Å². The molecule has 1 aromatic rings. The van der Waals surface area contributed by atoms with Crippen LogP contribution in [0.2, 0.25) is 0 Å². The van der Waals surface area contributed by atoms with Gasteiger partial charge in [0.1, 0.15) is 5.54 Å². The van der Waals surface area contributed by atoms with Crippen LogP contribution in [0.1, 0.15) is 12.0 Å². The van der Waals surface area contributed by atoms with Crippen molar-refractivity contribution in [3.8, 4) is 0 Å². The summed E-state index contributed by atoms with van der Waals surface area (Å²) in [5.74, 6) is -0.724. The van der Waals surface area contributed by atoms with E-state index in [0.29, 0.717) is 17.9 Å². The quantitative estimate of drug-likeness (QED) is 0.705. The summed E-state index contributed by atoms with van der Waals surface area (Å²) in [4.78, 5) is 34.9. The highest BCUT2D eigenvalue weighted by Crippen LogP contribution is 2.28. The Morgan fingerprint density at radius 2 is 1.91 bits per heavy atom. The number of hydrogen-bond acceptors (Lipinski definition) is 4. The van der Waals surface area contributed by atoms with Gasteiger partial charge in [0.15, 0.2) is 0 Å². The number of benzene rings is 1. The van der Waals surface area contributed by atoms with Crippen LogP contribution in [-0.2, 0) is 20.8 Å². The molecule has 1 saturated heterocycles. The van der Waals surface area contributed by atoms with Crippen LogP contribution in [0.25, 0.3) is 0 Å². The third kappa shape index (κ3) is 4.24. The van der Waals surface area contributed by atoms with Gasteiger partial charge in [-0.2, -0.15) is 11.8 Å². The number of rotatable bonds is 6. The van der Waals surface area contributed by atoms with E-state index in [1.165, 1.54) is 11.8 Å². The van der Waals surface area contributed by atoms with Gasteiger partial charge in [-0.15, -0.1) is 0 Å². The lowest BCUT2D eigenvalue weighted by atomic mass is 9.99. The molecule has 6 nitrogen and oxygen atoms in total. The molecular formula is C15H18N2O4S. The number of carboxylic acid groups (broad SMARTS) is 1. The number of nitrogens with one attached hydrogen (secondary N) is 2. The molecule has 22 heavy (non-hydrogen) atoms. The second-order valence-electron chi connectivity index (χ2n) is 5.18. The lowest BCUT2D eigenvalue weighted by Gasteiger charge is -2.24. The monoisotopic (exact) mass is 322 g/mol. The van der Waals surface area contributed by atoms with E-state index in [4.69, 9.17) is 0 Å². The van der Waals surface area contributed by atoms with E-state index in [0.717, 1.165) is 5.56 Å². The number of thioether (sulfide) groups is 1. The van der Waals surface area contributed by atoms with E-state index >= 15 is 0 Å². The van der Waals surface area contributed by atoms with Crippen LogP contribution in [-0.4, -0.2) is 46.5 Å². The molecule has 3 N–H and O–H groups in total. The Morgan fingerprint density at radius 3 is 2.50 bits per heavy atom. The predicted molar refractivity (Wildman–Crippen MR) is 83.6 cm³/mol. The first-order valence-electron chi connectivity index (χ1n) is 6.95. The number of amides is 2. The van der Waals surface area contributed by atoms with Crippen molar-refractivity contribution in [3.05, 3.63) is 35.9 Å². The van der Waals surface area contributed by atoms with E-state index in [-0.39, 0.29) is 18.9 Å². The number of hydrogen-bond donors (Lipinski definition) is 3. The maximum atomic E-state index is 11.9. The second kappa shape index (κ2) is 7.31. The zero-order valence-electron chi connectivity index (χ0n) is 12.0. The molecule has 1 aromatic carbocycles. The average Bonchev–Trinajstić information content (AvgIpc) is 2.96. The Hall–Kier alpha value is -2.02. The third-order valence-electron chi connectivity index (χ3n) is 3.46. The molecule has 118 valence electrons. The molecule has 1 aliphatic heterocycles. The fraction of sp³-hybridized carbons (Fsp3) is 0.400. The van der Waals surface area contributed by atoms with Gasteiger partial charge in [0, 0.05) is 5.75 Å². The first-order valence-corrected chi connectivity index (χ1v) is 8.10. The van der Waals surface area contributed by atoms with E-state index in [2.05, 4.69) is 10.6 Å². The lowest BCUT2D eigenvalue weighted by Crippen LogP contribution is -2.56. The Balaban J connectivity index is 1.80. The zero-order chi connectivity index (χ0) is 16.0. The first-order chi connectivity index (χ1) is 10.5. The van der Waals surface area contributed by atoms with Gasteiger partial charge in [-0.1, -0.05) is 30.3 Å². The average molecular weight is 322 g/mol. The zero-order valence-corrected chi connectivity index (χ0v) is 12.8. The van der Waals surface area contributed by atoms with Gasteiger partial charge in [0.2, 0.25) is 11.8 Å². The highest BCUT2D eigenvalue weighted by atomic mass is 32.2. The molecule has 1 fully saturated rings. The van der Waals surface area contributed by atoms with Crippen molar-refractivity contribution in [2.75, 3.05) is 18.1 Å². The summed E-state index contributed by atoms with van der Waals surface area (Å²) >= 11 is 1.49. The van der Waals surface area contributed by atoms with Crippen molar-refractivity contribution >= 4 is 29.5 Å². The van der Waals surface area contributed by atoms with Gasteiger partial charge in [0.05, 0.1) is 13.0 Å². The van der Waals surface area contributed by atoms with Crippen LogP contribution < -0.4 is 10.6 Å². The third-order valence-corrected chi connectivity index (χ3v) is 4.65. The van der Waals surface area contributed by atoms with E-state index in [1.807, 2.05) is 30.3 Å². The Bertz CT molecular complexity index is 556. The van der Waals surface area contributed by atoms with Gasteiger partial charge in [0.25, 0.3) is 0 Å². The molecule has 1 atom stereocenters. The normalized spacial score (nSPS) is 20.4. The smallest absolute Gasteiger partial charge is 0.330 e. The molecule has 0 aliphatic carbocycles. The van der Waals surface area contributed by atoms with Crippen LogP contribution in [0.5, 0.6) is 0 Å². The van der Waals surface area contributed by atoms with Crippen LogP contribution >= 0.6 is 11.8 Å². The molecule has 0 spiro atoms. The van der Waals surface area contributed by atoms with Gasteiger partial charge in [-0.3, -0.25) is 9.59 Å². The number of aliphatic carboxylic acids is 1. The molecule has 7 heteroatoms. The highest BCUT2D eigenvalue weighted by molar-refractivity contribution is 7.99. The van der Waals surface area contributed by atoms with Crippen molar-refractivity contribution in [3.63, 3.8) is 0 Å². The largest absolute Gasteiger partial charge is 0.479 e. The summed E-state index contributed by atoms with van der Waals surface area (Å²) in [6.07, 6.45) is 0.588. The summed E-state index contributed by atoms with van der Waals surface area (Å²) in [5, 5.41) is 14.3. The van der Waals surface area contributed by atoms with Crippen molar-refractivity contribution in [1.82, 2.24) is 10.6 Å². The summed E-state index contributed by atoms with van der Waals surface area (Å²) in [7, 11) is 0. The van der Waals surface area contributed by atoms with E-state index in [9.17, 15) is 19.5 Å². The fourth-order valence-electron chi connectivity index (χ4n) is 2.22. The lowest BCUT2D eigenvalue weighted by molar-refractivity contribution is -0.146. The van der Waals surface area contributed by atoms with Crippen molar-refractivity contribution in [2.24, 2.45) is 0 Å². The summed E-state index contributed by atoms with van der Waals surface area (Å²) in [6, 6.07) is 9.19. The highest BCUT2D eigenvalue weighted by Gasteiger charge is 2.43. The minimum absolute atomic E-state index is 0.189. The minimum Gasteiger partial charge on any atom is -0.479 e. The fourth-order valence-corrected chi connectivity index (χ4v) is 3.54. The van der Waals surface area contributed by atoms with E-state index < -0.39 is 17.4 Å². The van der Waals surface area contributed by atoms with E-state index in [1.54, 1.807) is 0 Å². The minimum atomic E-state index is -1.20. The summed E-state index contributed by atoms with van der Waals surface area (Å²) < 4.78 is 0. The molecule has 1 aliphatic rings. The molecule has 0 radical (unpaired) electrons. The summed E-state index contributed by atoms with van der Waals surface area (Å²) in [5.41, 5.74) is -0.346. The molecule has 0 saturated carbocycles. The van der Waals surface area contributed by atoms with Gasteiger partial charge in [-0.25, -0.2) is 4.79 Å². The molecule has 2 rings (SSSR count). The molecular weight excluding hydrogens is 304 g/mol. The van der Waals surface area contributed by atoms with Crippen LogP contribution in [0.3, 0.4) is 0 Å². The van der Waals surface area contributed by atoms with Crippen molar-refractivity contribution < 1.29 is 19.5 Å². The Morgan fingerprint density at radius 1 is 1.18 bits per heavy atom. The molecule has 0 bridgehead atoms. The standard InChI is InChI=1S/C15H18N2O4S/c18-12(8-11-4-2-1-3-5-11)16-9-13(19)17-15(14(20)21)6-7-22-10-15/h1-5H,6-10H2,(H,16,18)(H,17,19)(H,20,21). The summed E-state index contributed by atoms with van der Waals surface area (Å²) in [6.45, 7) is -0.217. The number of carboxylic acids is 1. The van der Waals surface area contributed by atoms with Crippen LogP contribution in [0.4, 0.5) is 0 Å².